The maximum atomic E-state index is 12.5. The number of hydrogen-bond acceptors (Lipinski definition) is 6. The quantitative estimate of drug-likeness (QED) is 0.661. The van der Waals surface area contributed by atoms with Gasteiger partial charge < -0.3 is 19.4 Å². The van der Waals surface area contributed by atoms with Crippen LogP contribution in [0.4, 0.5) is 11.6 Å². The predicted octanol–water partition coefficient (Wildman–Crippen LogP) is 3.36. The minimum atomic E-state index is -0.0707. The summed E-state index contributed by atoms with van der Waals surface area (Å²) < 4.78 is 5.55. The number of carbonyl (C=O) groups excluding carboxylic acids is 1. The summed E-state index contributed by atoms with van der Waals surface area (Å²) in [5, 5.41) is 9.62. The molecule has 9 heteroatoms. The first kappa shape index (κ1) is 21.5. The summed E-state index contributed by atoms with van der Waals surface area (Å²) in [5.41, 5.74) is 0. The molecule has 0 spiro atoms. The lowest BCUT2D eigenvalue weighted by molar-refractivity contribution is -0.133. The largest absolute Gasteiger partial charge is 0.482 e. The van der Waals surface area contributed by atoms with Crippen molar-refractivity contribution < 1.29 is 9.53 Å². The molecule has 1 aromatic heterocycles. The zero-order valence-electron chi connectivity index (χ0n) is 16.6. The Hall–Kier alpha value is -2.25. The molecule has 1 saturated heterocycles. The smallest absolute Gasteiger partial charge is 0.260 e. The Labute approximate surface area is 181 Å². The fraction of sp³-hybridized carbons (Fsp3) is 0.450. The number of anilines is 2. The summed E-state index contributed by atoms with van der Waals surface area (Å²) in [6, 6.07) is 8.92. The van der Waals surface area contributed by atoms with Crippen LogP contribution >= 0.6 is 23.2 Å². The fourth-order valence-corrected chi connectivity index (χ4v) is 3.67. The van der Waals surface area contributed by atoms with E-state index in [0.29, 0.717) is 42.0 Å². The molecule has 1 aliphatic heterocycles. The van der Waals surface area contributed by atoms with Gasteiger partial charge in [0.05, 0.1) is 5.02 Å². The summed E-state index contributed by atoms with van der Waals surface area (Å²) in [5.74, 6) is 2.09. The van der Waals surface area contributed by atoms with E-state index in [0.717, 1.165) is 24.7 Å². The highest BCUT2D eigenvalue weighted by atomic mass is 35.5. The van der Waals surface area contributed by atoms with E-state index >= 15 is 0 Å². The Balaban J connectivity index is 1.50. The lowest BCUT2D eigenvalue weighted by Crippen LogP contribution is -2.50. The van der Waals surface area contributed by atoms with E-state index in [4.69, 9.17) is 27.9 Å². The molecule has 0 radical (unpaired) electrons. The van der Waals surface area contributed by atoms with E-state index in [1.165, 1.54) is 0 Å². The highest BCUT2D eigenvalue weighted by molar-refractivity contribution is 6.35. The number of ether oxygens (including phenoxy) is 1. The van der Waals surface area contributed by atoms with E-state index in [2.05, 4.69) is 33.8 Å². The van der Waals surface area contributed by atoms with Gasteiger partial charge in [0.2, 0.25) is 0 Å². The van der Waals surface area contributed by atoms with Crippen molar-refractivity contribution in [3.63, 3.8) is 0 Å². The van der Waals surface area contributed by atoms with Gasteiger partial charge in [-0.1, -0.05) is 23.2 Å². The van der Waals surface area contributed by atoms with Crippen LogP contribution in [0.25, 0.3) is 0 Å². The van der Waals surface area contributed by atoms with Crippen LogP contribution in [-0.2, 0) is 4.79 Å². The normalized spacial score (nSPS) is 14.1. The van der Waals surface area contributed by atoms with Crippen LogP contribution < -0.4 is 14.5 Å². The van der Waals surface area contributed by atoms with Crippen LogP contribution in [0.5, 0.6) is 5.75 Å². The molecule has 0 N–H and O–H groups in total. The Kier molecular flexibility index (Phi) is 7.39. The summed E-state index contributed by atoms with van der Waals surface area (Å²) in [6.07, 6.45) is 0. The van der Waals surface area contributed by atoms with Crippen molar-refractivity contribution in [3.8, 4) is 5.75 Å². The minimum Gasteiger partial charge on any atom is -0.482 e. The SMILES string of the molecule is CCN(CC)c1ccc(N2CCN(C(=O)COc3ccc(Cl)cc3Cl)CC2)nn1. The third-order valence-corrected chi connectivity index (χ3v) is 5.46. The van der Waals surface area contributed by atoms with Gasteiger partial charge in [-0.15, -0.1) is 10.2 Å². The summed E-state index contributed by atoms with van der Waals surface area (Å²) in [7, 11) is 0. The van der Waals surface area contributed by atoms with Gasteiger partial charge in [-0.3, -0.25) is 4.79 Å². The second-order valence-electron chi connectivity index (χ2n) is 6.65. The van der Waals surface area contributed by atoms with Gasteiger partial charge in [-0.2, -0.15) is 0 Å². The van der Waals surface area contributed by atoms with Gasteiger partial charge in [0, 0.05) is 44.3 Å². The molecule has 29 heavy (non-hydrogen) atoms. The molecule has 0 unspecified atom stereocenters. The van der Waals surface area contributed by atoms with Crippen molar-refractivity contribution in [2.24, 2.45) is 0 Å². The van der Waals surface area contributed by atoms with Gasteiger partial charge >= 0.3 is 0 Å². The Morgan fingerprint density at radius 2 is 1.79 bits per heavy atom. The number of carbonyl (C=O) groups is 1. The van der Waals surface area contributed by atoms with E-state index in [-0.39, 0.29) is 12.5 Å². The third-order valence-electron chi connectivity index (χ3n) is 4.93. The van der Waals surface area contributed by atoms with Crippen LogP contribution in [0.1, 0.15) is 13.8 Å². The molecule has 2 aromatic rings. The average Bonchev–Trinajstić information content (AvgIpc) is 2.74. The monoisotopic (exact) mass is 437 g/mol. The van der Waals surface area contributed by atoms with Crippen molar-refractivity contribution >= 4 is 40.7 Å². The molecule has 1 aliphatic rings. The van der Waals surface area contributed by atoms with E-state index in [1.54, 1.807) is 23.1 Å². The van der Waals surface area contributed by atoms with E-state index < -0.39 is 0 Å². The zero-order valence-corrected chi connectivity index (χ0v) is 18.2. The molecular formula is C20H25Cl2N5O2. The standard InChI is InChI=1S/C20H25Cl2N5O2/c1-3-25(4-2)18-7-8-19(24-23-18)26-9-11-27(12-10-26)20(28)14-29-17-6-5-15(21)13-16(17)22/h5-8,13H,3-4,9-12,14H2,1-2H3. The first-order valence-corrected chi connectivity index (χ1v) is 10.5. The van der Waals surface area contributed by atoms with Crippen LogP contribution in [0.3, 0.4) is 0 Å². The zero-order chi connectivity index (χ0) is 20.8. The summed E-state index contributed by atoms with van der Waals surface area (Å²) in [6.45, 7) is 8.55. The van der Waals surface area contributed by atoms with Crippen molar-refractivity contribution in [2.75, 3.05) is 55.7 Å². The number of rotatable bonds is 7. The maximum Gasteiger partial charge on any atom is 0.260 e. The third kappa shape index (κ3) is 5.42. The number of benzene rings is 1. The molecule has 2 heterocycles. The van der Waals surface area contributed by atoms with E-state index in [1.807, 2.05) is 12.1 Å². The van der Waals surface area contributed by atoms with Gasteiger partial charge in [0.1, 0.15) is 5.75 Å². The van der Waals surface area contributed by atoms with Gasteiger partial charge in [-0.25, -0.2) is 0 Å². The molecule has 3 rings (SSSR count). The molecule has 1 aromatic carbocycles. The molecular weight excluding hydrogens is 413 g/mol. The molecule has 0 saturated carbocycles. The van der Waals surface area contributed by atoms with Gasteiger partial charge in [0.15, 0.2) is 18.2 Å². The topological polar surface area (TPSA) is 61.8 Å². The maximum absolute atomic E-state index is 12.5. The lowest BCUT2D eigenvalue weighted by atomic mass is 10.3. The summed E-state index contributed by atoms with van der Waals surface area (Å²) in [4.78, 5) is 18.5. The van der Waals surface area contributed by atoms with Crippen molar-refractivity contribution in [2.45, 2.75) is 13.8 Å². The van der Waals surface area contributed by atoms with E-state index in [9.17, 15) is 4.79 Å². The highest BCUT2D eigenvalue weighted by Gasteiger charge is 2.23. The molecule has 1 fully saturated rings. The number of amides is 1. The minimum absolute atomic E-state index is 0.0558. The van der Waals surface area contributed by atoms with Gasteiger partial charge in [-0.05, 0) is 44.2 Å². The molecule has 0 bridgehead atoms. The number of nitrogens with zero attached hydrogens (tertiary/aromatic N) is 5. The first-order valence-electron chi connectivity index (χ1n) is 9.71. The second kappa shape index (κ2) is 9.98. The van der Waals surface area contributed by atoms with Crippen LogP contribution in [-0.4, -0.2) is 66.9 Å². The van der Waals surface area contributed by atoms with Crippen molar-refractivity contribution in [3.05, 3.63) is 40.4 Å². The molecule has 1 amide bonds. The average molecular weight is 438 g/mol. The van der Waals surface area contributed by atoms with Crippen molar-refractivity contribution in [1.82, 2.24) is 15.1 Å². The predicted molar refractivity (Wildman–Crippen MR) is 116 cm³/mol. The molecule has 156 valence electrons. The first-order chi connectivity index (χ1) is 14.0. The Morgan fingerprint density at radius 3 is 2.38 bits per heavy atom. The molecule has 7 nitrogen and oxygen atoms in total. The number of hydrogen-bond donors (Lipinski definition) is 0. The highest BCUT2D eigenvalue weighted by Crippen LogP contribution is 2.27. The molecule has 0 atom stereocenters. The summed E-state index contributed by atoms with van der Waals surface area (Å²) >= 11 is 12.0. The van der Waals surface area contributed by atoms with Crippen LogP contribution in [0.15, 0.2) is 30.3 Å². The second-order valence-corrected chi connectivity index (χ2v) is 7.50. The number of halogens is 2. The lowest BCUT2D eigenvalue weighted by Gasteiger charge is -2.35. The Bertz CT molecular complexity index is 822. The van der Waals surface area contributed by atoms with Crippen LogP contribution in [0.2, 0.25) is 10.0 Å². The Morgan fingerprint density at radius 1 is 1.07 bits per heavy atom. The number of piperazine rings is 1. The van der Waals surface area contributed by atoms with Crippen LogP contribution in [0, 0.1) is 0 Å². The number of aromatic nitrogens is 2. The molecule has 0 aliphatic carbocycles. The van der Waals surface area contributed by atoms with Gasteiger partial charge in [0.25, 0.3) is 5.91 Å². The van der Waals surface area contributed by atoms with Crippen molar-refractivity contribution in [1.29, 1.82) is 0 Å². The fourth-order valence-electron chi connectivity index (χ4n) is 3.21.